The number of nitrogens with one attached hydrogen (secondary N) is 2. The molecular formula is C18H23N3O3. The van der Waals surface area contributed by atoms with Crippen LogP contribution in [0.3, 0.4) is 0 Å². The number of methoxy groups -OCH3 is 1. The maximum atomic E-state index is 12.5. The van der Waals surface area contributed by atoms with E-state index in [0.717, 1.165) is 35.1 Å². The van der Waals surface area contributed by atoms with Gasteiger partial charge in [-0.05, 0) is 43.0 Å². The first-order chi connectivity index (χ1) is 11.6. The van der Waals surface area contributed by atoms with Gasteiger partial charge in [0.15, 0.2) is 0 Å². The first kappa shape index (κ1) is 16.4. The standard InChI is InChI=1S/C18H23N3O3/c1-21(18(23)14-4-3-8-19-17(14)22)9-7-12-11-20-16-6-5-13(24-2)10-15(12)16/h5-6,10-11,14,20H,3-4,7-9H2,1-2H3,(H,19,22). The number of ether oxygens (including phenoxy) is 1. The van der Waals surface area contributed by atoms with Gasteiger partial charge in [-0.2, -0.15) is 0 Å². The van der Waals surface area contributed by atoms with Crippen LogP contribution in [-0.2, 0) is 16.0 Å². The van der Waals surface area contributed by atoms with Crippen molar-refractivity contribution in [3.8, 4) is 5.75 Å². The van der Waals surface area contributed by atoms with Crippen LogP contribution in [0.15, 0.2) is 24.4 Å². The third-order valence-electron chi connectivity index (χ3n) is 4.65. The number of carbonyl (C=O) groups is 2. The van der Waals surface area contributed by atoms with Gasteiger partial charge in [0.05, 0.1) is 7.11 Å². The molecule has 0 aliphatic carbocycles. The van der Waals surface area contributed by atoms with Gasteiger partial charge in [-0.1, -0.05) is 0 Å². The summed E-state index contributed by atoms with van der Waals surface area (Å²) < 4.78 is 5.28. The molecule has 2 aromatic rings. The number of fused-ring (bicyclic) bond motifs is 1. The fraction of sp³-hybridized carbons (Fsp3) is 0.444. The van der Waals surface area contributed by atoms with E-state index in [9.17, 15) is 9.59 Å². The molecule has 24 heavy (non-hydrogen) atoms. The second kappa shape index (κ2) is 6.95. The number of hydrogen-bond acceptors (Lipinski definition) is 3. The number of rotatable bonds is 5. The third kappa shape index (κ3) is 3.22. The largest absolute Gasteiger partial charge is 0.497 e. The fourth-order valence-corrected chi connectivity index (χ4v) is 3.16. The summed E-state index contributed by atoms with van der Waals surface area (Å²) in [5.74, 6) is 0.0398. The van der Waals surface area contributed by atoms with Crippen LogP contribution in [0.1, 0.15) is 18.4 Å². The molecule has 1 atom stereocenters. The Balaban J connectivity index is 1.66. The summed E-state index contributed by atoms with van der Waals surface area (Å²) >= 11 is 0. The van der Waals surface area contributed by atoms with Gasteiger partial charge in [0.1, 0.15) is 11.7 Å². The maximum Gasteiger partial charge on any atom is 0.234 e. The van der Waals surface area contributed by atoms with Crippen molar-refractivity contribution < 1.29 is 14.3 Å². The highest BCUT2D eigenvalue weighted by Gasteiger charge is 2.31. The van der Waals surface area contributed by atoms with Gasteiger partial charge >= 0.3 is 0 Å². The molecule has 128 valence electrons. The summed E-state index contributed by atoms with van der Waals surface area (Å²) in [5, 5.41) is 3.87. The number of carbonyl (C=O) groups excluding carboxylic acids is 2. The molecule has 1 aliphatic heterocycles. The van der Waals surface area contributed by atoms with Crippen molar-refractivity contribution in [2.24, 2.45) is 5.92 Å². The SMILES string of the molecule is COc1ccc2[nH]cc(CCN(C)C(=O)C3CCCNC3=O)c2c1. The molecule has 6 nitrogen and oxygen atoms in total. The van der Waals surface area contributed by atoms with Crippen LogP contribution in [0, 0.1) is 5.92 Å². The summed E-state index contributed by atoms with van der Waals surface area (Å²) in [6, 6.07) is 5.90. The lowest BCUT2D eigenvalue weighted by Crippen LogP contribution is -2.46. The third-order valence-corrected chi connectivity index (χ3v) is 4.65. The minimum absolute atomic E-state index is 0.0929. The Morgan fingerprint density at radius 2 is 2.25 bits per heavy atom. The summed E-state index contributed by atoms with van der Waals surface area (Å²) in [7, 11) is 3.41. The van der Waals surface area contributed by atoms with Crippen LogP contribution < -0.4 is 10.1 Å². The summed E-state index contributed by atoms with van der Waals surface area (Å²) in [5.41, 5.74) is 2.18. The van der Waals surface area contributed by atoms with Gasteiger partial charge in [-0.15, -0.1) is 0 Å². The zero-order valence-corrected chi connectivity index (χ0v) is 14.1. The van der Waals surface area contributed by atoms with Crippen LogP contribution in [0.5, 0.6) is 5.75 Å². The zero-order chi connectivity index (χ0) is 17.1. The van der Waals surface area contributed by atoms with Crippen LogP contribution >= 0.6 is 0 Å². The minimum atomic E-state index is -0.535. The lowest BCUT2D eigenvalue weighted by Gasteiger charge is -2.26. The lowest BCUT2D eigenvalue weighted by atomic mass is 9.97. The molecule has 1 saturated heterocycles. The first-order valence-electron chi connectivity index (χ1n) is 8.27. The van der Waals surface area contributed by atoms with E-state index < -0.39 is 5.92 Å². The Morgan fingerprint density at radius 1 is 1.42 bits per heavy atom. The predicted molar refractivity (Wildman–Crippen MR) is 91.9 cm³/mol. The Bertz CT molecular complexity index is 753. The van der Waals surface area contributed by atoms with Gasteiger partial charge in [0.2, 0.25) is 11.8 Å². The van der Waals surface area contributed by atoms with E-state index in [-0.39, 0.29) is 11.8 Å². The van der Waals surface area contributed by atoms with E-state index in [4.69, 9.17) is 4.74 Å². The Kier molecular flexibility index (Phi) is 4.74. The van der Waals surface area contributed by atoms with Crippen molar-refractivity contribution in [1.82, 2.24) is 15.2 Å². The molecule has 0 radical (unpaired) electrons. The highest BCUT2D eigenvalue weighted by Crippen LogP contribution is 2.24. The molecule has 1 fully saturated rings. The number of hydrogen-bond donors (Lipinski definition) is 2. The highest BCUT2D eigenvalue weighted by atomic mass is 16.5. The second-order valence-electron chi connectivity index (χ2n) is 6.22. The van der Waals surface area contributed by atoms with Crippen molar-refractivity contribution in [3.05, 3.63) is 30.0 Å². The molecule has 0 saturated carbocycles. The van der Waals surface area contributed by atoms with Gasteiger partial charge in [0.25, 0.3) is 0 Å². The van der Waals surface area contributed by atoms with E-state index in [0.29, 0.717) is 19.5 Å². The molecule has 0 bridgehead atoms. The van der Waals surface area contributed by atoms with E-state index in [1.807, 2.05) is 24.4 Å². The first-order valence-corrected chi connectivity index (χ1v) is 8.27. The average molecular weight is 329 g/mol. The zero-order valence-electron chi connectivity index (χ0n) is 14.1. The smallest absolute Gasteiger partial charge is 0.234 e. The number of amides is 2. The van der Waals surface area contributed by atoms with Crippen molar-refractivity contribution in [2.75, 3.05) is 27.2 Å². The number of nitrogens with zero attached hydrogens (tertiary/aromatic N) is 1. The number of likely N-dealkylation sites (N-methyl/N-ethyl adjacent to an activating group) is 1. The number of aromatic amines is 1. The summed E-state index contributed by atoms with van der Waals surface area (Å²) in [6.07, 6.45) is 4.19. The molecule has 2 heterocycles. The van der Waals surface area contributed by atoms with Crippen molar-refractivity contribution in [3.63, 3.8) is 0 Å². The average Bonchev–Trinajstić information content (AvgIpc) is 3.01. The van der Waals surface area contributed by atoms with E-state index in [2.05, 4.69) is 10.3 Å². The van der Waals surface area contributed by atoms with Gasteiger partial charge in [-0.3, -0.25) is 9.59 Å². The Hall–Kier alpha value is -2.50. The number of benzene rings is 1. The minimum Gasteiger partial charge on any atom is -0.497 e. The second-order valence-corrected chi connectivity index (χ2v) is 6.22. The molecule has 6 heteroatoms. The Morgan fingerprint density at radius 3 is 3.00 bits per heavy atom. The summed E-state index contributed by atoms with van der Waals surface area (Å²) in [6.45, 7) is 1.25. The monoisotopic (exact) mass is 329 g/mol. The normalized spacial score (nSPS) is 17.6. The van der Waals surface area contributed by atoms with Crippen LogP contribution in [0.25, 0.3) is 10.9 Å². The van der Waals surface area contributed by atoms with Gasteiger partial charge in [0, 0.05) is 37.2 Å². The lowest BCUT2D eigenvalue weighted by molar-refractivity contribution is -0.142. The molecule has 0 spiro atoms. The molecule has 2 amide bonds. The summed E-state index contributed by atoms with van der Waals surface area (Å²) in [4.78, 5) is 29.2. The predicted octanol–water partition coefficient (Wildman–Crippen LogP) is 1.70. The molecule has 1 aromatic heterocycles. The quantitative estimate of drug-likeness (QED) is 0.820. The Labute approximate surface area is 141 Å². The molecular weight excluding hydrogens is 306 g/mol. The number of piperidine rings is 1. The van der Waals surface area contributed by atoms with Crippen LogP contribution in [0.2, 0.25) is 0 Å². The molecule has 3 rings (SSSR count). The molecule has 1 aliphatic rings. The fourth-order valence-electron chi connectivity index (χ4n) is 3.16. The van der Waals surface area contributed by atoms with Gasteiger partial charge in [-0.25, -0.2) is 0 Å². The van der Waals surface area contributed by atoms with E-state index >= 15 is 0 Å². The molecule has 1 unspecified atom stereocenters. The van der Waals surface area contributed by atoms with Gasteiger partial charge < -0.3 is 19.9 Å². The number of H-pyrrole nitrogens is 1. The van der Waals surface area contributed by atoms with E-state index in [1.54, 1.807) is 19.1 Å². The number of aromatic nitrogens is 1. The topological polar surface area (TPSA) is 74.4 Å². The van der Waals surface area contributed by atoms with Crippen molar-refractivity contribution in [2.45, 2.75) is 19.3 Å². The van der Waals surface area contributed by atoms with Crippen LogP contribution in [0.4, 0.5) is 0 Å². The molecule has 1 aromatic carbocycles. The van der Waals surface area contributed by atoms with Crippen molar-refractivity contribution >= 4 is 22.7 Å². The van der Waals surface area contributed by atoms with Crippen LogP contribution in [-0.4, -0.2) is 48.9 Å². The van der Waals surface area contributed by atoms with Crippen molar-refractivity contribution in [1.29, 1.82) is 0 Å². The maximum absolute atomic E-state index is 12.5. The van der Waals surface area contributed by atoms with E-state index in [1.165, 1.54) is 0 Å². The molecule has 2 N–H and O–H groups in total. The highest BCUT2D eigenvalue weighted by molar-refractivity contribution is 6.00.